The number of aliphatic hydroxyl groups excluding tert-OH is 1. The molecule has 0 saturated carbocycles. The van der Waals surface area contributed by atoms with Crippen molar-refractivity contribution < 1.29 is 5.11 Å². The lowest BCUT2D eigenvalue weighted by Crippen LogP contribution is -2.22. The van der Waals surface area contributed by atoms with Crippen molar-refractivity contribution in [1.82, 2.24) is 14.5 Å². The van der Waals surface area contributed by atoms with Crippen LogP contribution in [0.2, 0.25) is 5.02 Å². The molecule has 2 heterocycles. The van der Waals surface area contributed by atoms with Crippen molar-refractivity contribution in [3.8, 4) is 5.69 Å². The Morgan fingerprint density at radius 1 is 1.00 bits per heavy atom. The third kappa shape index (κ3) is 3.20. The first-order valence-corrected chi connectivity index (χ1v) is 8.61. The summed E-state index contributed by atoms with van der Waals surface area (Å²) >= 11 is 6.33. The molecule has 2 aromatic carbocycles. The van der Waals surface area contributed by atoms with Crippen LogP contribution in [0.3, 0.4) is 0 Å². The van der Waals surface area contributed by atoms with Crippen LogP contribution in [0, 0.1) is 0 Å². The van der Waals surface area contributed by atoms with E-state index in [2.05, 4.69) is 9.97 Å². The molecule has 0 unspecified atom stereocenters. The van der Waals surface area contributed by atoms with Gasteiger partial charge in [0, 0.05) is 24.0 Å². The molecular formula is C21H14ClN3O2. The van der Waals surface area contributed by atoms with E-state index in [1.54, 1.807) is 67.0 Å². The summed E-state index contributed by atoms with van der Waals surface area (Å²) in [7, 11) is 0. The van der Waals surface area contributed by atoms with Gasteiger partial charge in [-0.2, -0.15) is 0 Å². The molecule has 0 amide bonds. The monoisotopic (exact) mass is 375 g/mol. The number of aliphatic hydroxyl groups is 1. The van der Waals surface area contributed by atoms with Crippen molar-refractivity contribution in [2.45, 2.75) is 0 Å². The summed E-state index contributed by atoms with van der Waals surface area (Å²) < 4.78 is 1.40. The number of halogens is 1. The van der Waals surface area contributed by atoms with E-state index in [0.717, 1.165) is 0 Å². The number of fused-ring (bicyclic) bond motifs is 1. The largest absolute Gasteiger partial charge is 0.507 e. The third-order valence-electron chi connectivity index (χ3n) is 4.14. The molecule has 0 aliphatic rings. The van der Waals surface area contributed by atoms with Gasteiger partial charge in [0.1, 0.15) is 11.6 Å². The predicted octanol–water partition coefficient (Wildman–Crippen LogP) is 4.49. The zero-order valence-corrected chi connectivity index (χ0v) is 14.8. The minimum Gasteiger partial charge on any atom is -0.507 e. The quantitative estimate of drug-likeness (QED) is 0.536. The van der Waals surface area contributed by atoms with E-state index in [9.17, 15) is 9.90 Å². The molecule has 0 radical (unpaired) electrons. The molecular weight excluding hydrogens is 362 g/mol. The van der Waals surface area contributed by atoms with Crippen molar-refractivity contribution in [2.75, 3.05) is 0 Å². The number of benzene rings is 2. The summed E-state index contributed by atoms with van der Waals surface area (Å²) in [6, 6.07) is 17.4. The van der Waals surface area contributed by atoms with E-state index in [1.165, 1.54) is 10.6 Å². The fourth-order valence-corrected chi connectivity index (χ4v) is 3.06. The SMILES string of the molecule is O=c1c2ccccc2nc(/C=C(\O)c2ccncc2)n1-c1ccccc1Cl. The second-order valence-corrected chi connectivity index (χ2v) is 6.25. The molecule has 5 nitrogen and oxygen atoms in total. The number of pyridine rings is 1. The van der Waals surface area contributed by atoms with Crippen LogP contribution in [-0.4, -0.2) is 19.6 Å². The number of nitrogens with zero attached hydrogens (tertiary/aromatic N) is 3. The number of aromatic nitrogens is 3. The van der Waals surface area contributed by atoms with Crippen molar-refractivity contribution >= 4 is 34.3 Å². The molecule has 6 heteroatoms. The molecule has 2 aromatic heterocycles. The van der Waals surface area contributed by atoms with Gasteiger partial charge >= 0.3 is 0 Å². The maximum absolute atomic E-state index is 13.2. The molecule has 4 rings (SSSR count). The number of para-hydroxylation sites is 2. The van der Waals surface area contributed by atoms with Gasteiger partial charge in [0.05, 0.1) is 21.6 Å². The topological polar surface area (TPSA) is 68.0 Å². The molecule has 0 saturated heterocycles. The zero-order chi connectivity index (χ0) is 18.8. The Morgan fingerprint density at radius 3 is 2.48 bits per heavy atom. The number of rotatable bonds is 3. The highest BCUT2D eigenvalue weighted by Crippen LogP contribution is 2.23. The number of hydrogen-bond donors (Lipinski definition) is 1. The van der Waals surface area contributed by atoms with Crippen LogP contribution in [0.5, 0.6) is 0 Å². The lowest BCUT2D eigenvalue weighted by molar-refractivity contribution is 0.515. The Labute approximate surface area is 159 Å². The standard InChI is InChI=1S/C21H14ClN3O2/c22-16-6-2-4-8-18(16)25-20(13-19(26)14-9-11-23-12-10-14)24-17-7-3-1-5-15(17)21(25)27/h1-13,26H/b19-13-. The van der Waals surface area contributed by atoms with E-state index in [-0.39, 0.29) is 17.1 Å². The Kier molecular flexibility index (Phi) is 4.44. The molecule has 0 bridgehead atoms. The van der Waals surface area contributed by atoms with Crippen LogP contribution in [-0.2, 0) is 0 Å². The van der Waals surface area contributed by atoms with Gasteiger partial charge in [0.25, 0.3) is 5.56 Å². The summed E-state index contributed by atoms with van der Waals surface area (Å²) in [5, 5.41) is 11.4. The Hall–Kier alpha value is -3.44. The first-order valence-electron chi connectivity index (χ1n) is 8.23. The molecule has 0 aliphatic carbocycles. The van der Waals surface area contributed by atoms with Gasteiger partial charge in [0.15, 0.2) is 0 Å². The van der Waals surface area contributed by atoms with E-state index in [4.69, 9.17) is 11.6 Å². The average molecular weight is 376 g/mol. The van der Waals surface area contributed by atoms with Crippen LogP contribution in [0.25, 0.3) is 28.4 Å². The predicted molar refractivity (Wildman–Crippen MR) is 107 cm³/mol. The highest BCUT2D eigenvalue weighted by molar-refractivity contribution is 6.32. The molecule has 132 valence electrons. The van der Waals surface area contributed by atoms with Gasteiger partial charge in [-0.15, -0.1) is 0 Å². The van der Waals surface area contributed by atoms with Gasteiger partial charge in [-0.3, -0.25) is 14.3 Å². The lowest BCUT2D eigenvalue weighted by atomic mass is 10.2. The summed E-state index contributed by atoms with van der Waals surface area (Å²) in [4.78, 5) is 21.7. The molecule has 1 N–H and O–H groups in total. The molecule has 0 atom stereocenters. The van der Waals surface area contributed by atoms with Crippen LogP contribution < -0.4 is 5.56 Å². The van der Waals surface area contributed by atoms with E-state index >= 15 is 0 Å². The van der Waals surface area contributed by atoms with Crippen molar-refractivity contribution in [3.05, 3.63) is 99.8 Å². The molecule has 0 aliphatic heterocycles. The summed E-state index contributed by atoms with van der Waals surface area (Å²) in [5.41, 5.74) is 1.34. The van der Waals surface area contributed by atoms with Crippen molar-refractivity contribution in [3.63, 3.8) is 0 Å². The third-order valence-corrected chi connectivity index (χ3v) is 4.46. The van der Waals surface area contributed by atoms with E-state index in [1.807, 2.05) is 6.07 Å². The van der Waals surface area contributed by atoms with Gasteiger partial charge in [-0.1, -0.05) is 35.9 Å². The van der Waals surface area contributed by atoms with Crippen LogP contribution in [0.1, 0.15) is 11.4 Å². The first kappa shape index (κ1) is 17.0. The smallest absolute Gasteiger partial charge is 0.266 e. The highest BCUT2D eigenvalue weighted by atomic mass is 35.5. The van der Waals surface area contributed by atoms with Crippen LogP contribution in [0.4, 0.5) is 0 Å². The molecule has 27 heavy (non-hydrogen) atoms. The fourth-order valence-electron chi connectivity index (χ4n) is 2.84. The molecule has 0 spiro atoms. The second kappa shape index (κ2) is 7.05. The minimum atomic E-state index is -0.262. The Morgan fingerprint density at radius 2 is 1.70 bits per heavy atom. The maximum Gasteiger partial charge on any atom is 0.266 e. The average Bonchev–Trinajstić information content (AvgIpc) is 2.70. The minimum absolute atomic E-state index is 0.0274. The fraction of sp³-hybridized carbons (Fsp3) is 0. The van der Waals surface area contributed by atoms with E-state index in [0.29, 0.717) is 27.2 Å². The van der Waals surface area contributed by atoms with Gasteiger partial charge < -0.3 is 5.11 Å². The summed E-state index contributed by atoms with van der Waals surface area (Å²) in [5.74, 6) is 0.251. The molecule has 0 fully saturated rings. The number of hydrogen-bond acceptors (Lipinski definition) is 4. The van der Waals surface area contributed by atoms with Gasteiger partial charge in [-0.05, 0) is 36.4 Å². The maximum atomic E-state index is 13.2. The van der Waals surface area contributed by atoms with Crippen molar-refractivity contribution in [2.24, 2.45) is 0 Å². The summed E-state index contributed by atoms with van der Waals surface area (Å²) in [6.07, 6.45) is 4.61. The summed E-state index contributed by atoms with van der Waals surface area (Å²) in [6.45, 7) is 0. The Bertz CT molecular complexity index is 1220. The molecule has 4 aromatic rings. The van der Waals surface area contributed by atoms with Crippen LogP contribution in [0.15, 0.2) is 77.9 Å². The van der Waals surface area contributed by atoms with Crippen molar-refractivity contribution in [1.29, 1.82) is 0 Å². The normalized spacial score (nSPS) is 11.7. The zero-order valence-electron chi connectivity index (χ0n) is 14.1. The second-order valence-electron chi connectivity index (χ2n) is 5.84. The first-order chi connectivity index (χ1) is 13.1. The Balaban J connectivity index is 2.03. The highest BCUT2D eigenvalue weighted by Gasteiger charge is 2.14. The van der Waals surface area contributed by atoms with E-state index < -0.39 is 0 Å². The van der Waals surface area contributed by atoms with Gasteiger partial charge in [0.2, 0.25) is 0 Å². The lowest BCUT2D eigenvalue weighted by Gasteiger charge is -2.13. The van der Waals surface area contributed by atoms with Gasteiger partial charge in [-0.25, -0.2) is 4.98 Å². The van der Waals surface area contributed by atoms with Crippen LogP contribution >= 0.6 is 11.6 Å².